The number of aromatic nitrogens is 3. The van der Waals surface area contributed by atoms with Gasteiger partial charge in [-0.25, -0.2) is 4.98 Å². The quantitative estimate of drug-likeness (QED) is 0.540. The smallest absolute Gasteiger partial charge is 0.173 e. The Kier molecular flexibility index (Phi) is 7.40. The molecule has 2 heterocycles. The molecule has 152 valence electrons. The van der Waals surface area contributed by atoms with E-state index in [0.29, 0.717) is 17.4 Å². The Morgan fingerprint density at radius 2 is 2.07 bits per heavy atom. The maximum atomic E-state index is 5.73. The maximum Gasteiger partial charge on any atom is 0.173 e. The second-order valence-corrected chi connectivity index (χ2v) is 6.82. The maximum absolute atomic E-state index is 5.73. The number of methoxy groups -OCH3 is 2. The molecule has 0 fully saturated rings. The van der Waals surface area contributed by atoms with Gasteiger partial charge in [-0.3, -0.25) is 4.98 Å². The summed E-state index contributed by atoms with van der Waals surface area (Å²) in [6, 6.07) is 9.58. The van der Waals surface area contributed by atoms with Crippen LogP contribution in [-0.2, 0) is 13.1 Å². The average molecular weight is 412 g/mol. The van der Waals surface area contributed by atoms with Crippen molar-refractivity contribution in [2.24, 2.45) is 0 Å². The Hall–Kier alpha value is -3.13. The zero-order valence-electron chi connectivity index (χ0n) is 16.6. The highest BCUT2D eigenvalue weighted by Crippen LogP contribution is 2.29. The topological polar surface area (TPSA) is 64.4 Å². The van der Waals surface area contributed by atoms with Gasteiger partial charge in [-0.2, -0.15) is 0 Å². The number of ether oxygens (including phenoxy) is 2. The predicted octanol–water partition coefficient (Wildman–Crippen LogP) is 3.58. The number of rotatable bonds is 9. The molecule has 0 atom stereocenters. The lowest BCUT2D eigenvalue weighted by Gasteiger charge is -2.26. The fourth-order valence-electron chi connectivity index (χ4n) is 2.92. The van der Waals surface area contributed by atoms with Gasteiger partial charge in [-0.1, -0.05) is 6.07 Å². The van der Waals surface area contributed by atoms with Crippen LogP contribution in [0.15, 0.2) is 61.4 Å². The largest absolute Gasteiger partial charge is 0.497 e. The number of nitrogens with one attached hydrogen (secondary N) is 1. The van der Waals surface area contributed by atoms with E-state index in [1.807, 2.05) is 49.1 Å². The number of hydrogen-bond donors (Lipinski definition) is 1. The van der Waals surface area contributed by atoms with Gasteiger partial charge in [0.1, 0.15) is 11.5 Å². The molecule has 0 unspecified atom stereocenters. The lowest BCUT2D eigenvalue weighted by Crippen LogP contribution is -2.35. The van der Waals surface area contributed by atoms with Crippen molar-refractivity contribution in [1.29, 1.82) is 0 Å². The Morgan fingerprint density at radius 1 is 1.17 bits per heavy atom. The summed E-state index contributed by atoms with van der Waals surface area (Å²) in [6.45, 7) is 2.33. The third kappa shape index (κ3) is 5.92. The minimum absolute atomic E-state index is 0.628. The van der Waals surface area contributed by atoms with Gasteiger partial charge in [0.05, 0.1) is 26.2 Å². The normalized spacial score (nSPS) is 10.4. The minimum Gasteiger partial charge on any atom is -0.497 e. The molecule has 0 bridgehead atoms. The molecule has 1 aromatic carbocycles. The molecule has 0 radical (unpaired) electrons. The van der Waals surface area contributed by atoms with Crippen molar-refractivity contribution >= 4 is 23.0 Å². The first kappa shape index (κ1) is 20.6. The standard InChI is InChI=1S/C21H25N5O2S/c1-27-18-6-7-19(20(13-18)28-2)24-21(29)26(15-17-5-3-8-22-14-17)11-4-10-25-12-9-23-16-25/h3,5-9,12-14,16H,4,10-11,15H2,1-2H3,(H,24,29). The van der Waals surface area contributed by atoms with Crippen LogP contribution in [0.1, 0.15) is 12.0 Å². The fourth-order valence-corrected chi connectivity index (χ4v) is 3.19. The molecule has 0 spiro atoms. The molecular weight excluding hydrogens is 386 g/mol. The van der Waals surface area contributed by atoms with E-state index in [1.165, 1.54) is 0 Å². The van der Waals surface area contributed by atoms with E-state index in [1.54, 1.807) is 26.6 Å². The van der Waals surface area contributed by atoms with Crippen molar-refractivity contribution in [1.82, 2.24) is 19.4 Å². The summed E-state index contributed by atoms with van der Waals surface area (Å²) in [4.78, 5) is 10.4. The van der Waals surface area contributed by atoms with Crippen LogP contribution in [-0.4, -0.2) is 45.3 Å². The number of pyridine rings is 1. The third-order valence-electron chi connectivity index (χ3n) is 4.44. The van der Waals surface area contributed by atoms with Crippen molar-refractivity contribution in [3.8, 4) is 11.5 Å². The molecule has 0 saturated carbocycles. The number of aryl methyl sites for hydroxylation is 1. The van der Waals surface area contributed by atoms with Gasteiger partial charge in [0.2, 0.25) is 0 Å². The highest BCUT2D eigenvalue weighted by Gasteiger charge is 2.14. The fraction of sp³-hybridized carbons (Fsp3) is 0.286. The van der Waals surface area contributed by atoms with Gasteiger partial charge in [0.25, 0.3) is 0 Å². The number of thiocarbonyl (C=S) groups is 1. The molecule has 8 heteroatoms. The SMILES string of the molecule is COc1ccc(NC(=S)N(CCCn2ccnc2)Cc2cccnc2)c(OC)c1. The van der Waals surface area contributed by atoms with Gasteiger partial charge >= 0.3 is 0 Å². The van der Waals surface area contributed by atoms with E-state index in [9.17, 15) is 0 Å². The second-order valence-electron chi connectivity index (χ2n) is 6.43. The Balaban J connectivity index is 1.70. The monoisotopic (exact) mass is 411 g/mol. The van der Waals surface area contributed by atoms with Crippen molar-refractivity contribution in [3.05, 3.63) is 67.0 Å². The van der Waals surface area contributed by atoms with Crippen molar-refractivity contribution in [2.75, 3.05) is 26.1 Å². The van der Waals surface area contributed by atoms with Crippen LogP contribution in [0.2, 0.25) is 0 Å². The van der Waals surface area contributed by atoms with Gasteiger partial charge in [0, 0.05) is 50.5 Å². The van der Waals surface area contributed by atoms with Crippen LogP contribution in [0.4, 0.5) is 5.69 Å². The van der Waals surface area contributed by atoms with Crippen LogP contribution in [0.3, 0.4) is 0 Å². The van der Waals surface area contributed by atoms with Crippen LogP contribution in [0.5, 0.6) is 11.5 Å². The first-order chi connectivity index (χ1) is 14.2. The van der Waals surface area contributed by atoms with Crippen molar-refractivity contribution < 1.29 is 9.47 Å². The lowest BCUT2D eigenvalue weighted by atomic mass is 10.2. The van der Waals surface area contributed by atoms with Gasteiger partial charge < -0.3 is 24.3 Å². The summed E-state index contributed by atoms with van der Waals surface area (Å²) in [6.07, 6.45) is 10.1. The number of imidazole rings is 1. The van der Waals surface area contributed by atoms with Crippen LogP contribution in [0, 0.1) is 0 Å². The van der Waals surface area contributed by atoms with E-state index < -0.39 is 0 Å². The van der Waals surface area contributed by atoms with Gasteiger partial charge in [-0.15, -0.1) is 0 Å². The molecular formula is C21H25N5O2S. The minimum atomic E-state index is 0.628. The lowest BCUT2D eigenvalue weighted by molar-refractivity contribution is 0.391. The van der Waals surface area contributed by atoms with E-state index in [0.717, 1.165) is 36.5 Å². The zero-order valence-corrected chi connectivity index (χ0v) is 17.4. The Morgan fingerprint density at radius 3 is 2.76 bits per heavy atom. The summed E-state index contributed by atoms with van der Waals surface area (Å²) >= 11 is 5.73. The molecule has 2 aromatic heterocycles. The van der Waals surface area contributed by atoms with E-state index >= 15 is 0 Å². The van der Waals surface area contributed by atoms with E-state index in [-0.39, 0.29) is 0 Å². The summed E-state index contributed by atoms with van der Waals surface area (Å²) in [7, 11) is 3.25. The molecule has 3 aromatic rings. The Labute approximate surface area is 176 Å². The molecule has 0 aliphatic carbocycles. The van der Waals surface area contributed by atoms with Crippen LogP contribution < -0.4 is 14.8 Å². The number of benzene rings is 1. The highest BCUT2D eigenvalue weighted by molar-refractivity contribution is 7.80. The third-order valence-corrected chi connectivity index (χ3v) is 4.80. The van der Waals surface area contributed by atoms with Crippen LogP contribution >= 0.6 is 12.2 Å². The number of hydrogen-bond acceptors (Lipinski definition) is 5. The number of anilines is 1. The highest BCUT2D eigenvalue weighted by atomic mass is 32.1. The van der Waals surface area contributed by atoms with E-state index in [2.05, 4.69) is 24.8 Å². The number of nitrogens with zero attached hydrogens (tertiary/aromatic N) is 4. The summed E-state index contributed by atoms with van der Waals surface area (Å²) in [5.74, 6) is 1.40. The second kappa shape index (κ2) is 10.4. The summed E-state index contributed by atoms with van der Waals surface area (Å²) in [5, 5.41) is 3.94. The average Bonchev–Trinajstić information content (AvgIpc) is 3.27. The molecule has 3 rings (SSSR count). The van der Waals surface area contributed by atoms with Crippen LogP contribution in [0.25, 0.3) is 0 Å². The first-order valence-electron chi connectivity index (χ1n) is 9.32. The van der Waals surface area contributed by atoms with Gasteiger partial charge in [0.15, 0.2) is 5.11 Å². The van der Waals surface area contributed by atoms with Crippen molar-refractivity contribution in [2.45, 2.75) is 19.5 Å². The molecule has 0 aliphatic heterocycles. The molecule has 0 amide bonds. The Bertz CT molecular complexity index is 903. The molecule has 0 aliphatic rings. The summed E-state index contributed by atoms with van der Waals surface area (Å²) < 4.78 is 12.8. The van der Waals surface area contributed by atoms with Gasteiger partial charge in [-0.05, 0) is 42.4 Å². The zero-order chi connectivity index (χ0) is 20.5. The van der Waals surface area contributed by atoms with E-state index in [4.69, 9.17) is 21.7 Å². The molecule has 29 heavy (non-hydrogen) atoms. The predicted molar refractivity (Wildman–Crippen MR) is 117 cm³/mol. The molecule has 0 saturated heterocycles. The molecule has 7 nitrogen and oxygen atoms in total. The molecule has 1 N–H and O–H groups in total. The summed E-state index contributed by atoms with van der Waals surface area (Å²) in [5.41, 5.74) is 1.89. The first-order valence-corrected chi connectivity index (χ1v) is 9.73. The van der Waals surface area contributed by atoms with Crippen molar-refractivity contribution in [3.63, 3.8) is 0 Å².